The Kier molecular flexibility index (Phi) is 6.19. The number of methoxy groups -OCH3 is 2. The summed E-state index contributed by atoms with van der Waals surface area (Å²) in [5.41, 5.74) is 2.24. The maximum atomic E-state index is 11.8. The number of rotatable bonds is 8. The number of hydrogen-bond donors (Lipinski definition) is 2. The van der Waals surface area contributed by atoms with Crippen LogP contribution in [0.3, 0.4) is 0 Å². The SMILES string of the molecule is C=CCNC(=O)c1ccc(NCc2ccc(OC)c(OC)c2)cn1. The molecule has 0 fully saturated rings. The Morgan fingerprint density at radius 3 is 2.62 bits per heavy atom. The van der Waals surface area contributed by atoms with Crippen molar-refractivity contribution in [2.24, 2.45) is 0 Å². The lowest BCUT2D eigenvalue weighted by Gasteiger charge is -2.11. The van der Waals surface area contributed by atoms with Gasteiger partial charge in [-0.2, -0.15) is 0 Å². The van der Waals surface area contributed by atoms with Crippen LogP contribution in [0.15, 0.2) is 49.2 Å². The molecule has 0 saturated heterocycles. The normalized spacial score (nSPS) is 9.92. The Morgan fingerprint density at radius 2 is 2.00 bits per heavy atom. The van der Waals surface area contributed by atoms with E-state index in [4.69, 9.17) is 9.47 Å². The minimum absolute atomic E-state index is 0.221. The zero-order valence-electron chi connectivity index (χ0n) is 13.8. The van der Waals surface area contributed by atoms with Gasteiger partial charge >= 0.3 is 0 Å². The van der Waals surface area contributed by atoms with Crippen LogP contribution in [0, 0.1) is 0 Å². The lowest BCUT2D eigenvalue weighted by Crippen LogP contribution is -2.24. The van der Waals surface area contributed by atoms with Crippen LogP contribution in [0.2, 0.25) is 0 Å². The lowest BCUT2D eigenvalue weighted by molar-refractivity contribution is 0.0953. The minimum Gasteiger partial charge on any atom is -0.493 e. The molecule has 0 aliphatic heterocycles. The van der Waals surface area contributed by atoms with Crippen molar-refractivity contribution in [1.82, 2.24) is 10.3 Å². The topological polar surface area (TPSA) is 72.5 Å². The van der Waals surface area contributed by atoms with Gasteiger partial charge in [0.25, 0.3) is 5.91 Å². The quantitative estimate of drug-likeness (QED) is 0.729. The van der Waals surface area contributed by atoms with Crippen molar-refractivity contribution < 1.29 is 14.3 Å². The summed E-state index contributed by atoms with van der Waals surface area (Å²) in [5.74, 6) is 1.16. The van der Waals surface area contributed by atoms with Crippen LogP contribution >= 0.6 is 0 Å². The third-order valence-corrected chi connectivity index (χ3v) is 3.35. The number of nitrogens with one attached hydrogen (secondary N) is 2. The molecule has 0 unspecified atom stereocenters. The molecule has 1 aromatic heterocycles. The first kappa shape index (κ1) is 17.3. The van der Waals surface area contributed by atoms with Crippen molar-refractivity contribution in [2.45, 2.75) is 6.54 Å². The molecule has 0 atom stereocenters. The first-order valence-corrected chi connectivity index (χ1v) is 7.48. The van der Waals surface area contributed by atoms with E-state index in [9.17, 15) is 4.79 Å². The Hall–Kier alpha value is -3.02. The number of carbonyl (C=O) groups is 1. The van der Waals surface area contributed by atoms with Gasteiger partial charge in [-0.3, -0.25) is 4.79 Å². The van der Waals surface area contributed by atoms with Gasteiger partial charge < -0.3 is 20.1 Å². The maximum Gasteiger partial charge on any atom is 0.270 e. The molecule has 24 heavy (non-hydrogen) atoms. The Labute approximate surface area is 141 Å². The van der Waals surface area contributed by atoms with E-state index < -0.39 is 0 Å². The molecule has 2 aromatic rings. The molecule has 6 nitrogen and oxygen atoms in total. The molecular weight excluding hydrogens is 306 g/mol. The minimum atomic E-state index is -0.221. The van der Waals surface area contributed by atoms with E-state index >= 15 is 0 Å². The number of pyridine rings is 1. The molecule has 1 aromatic carbocycles. The van der Waals surface area contributed by atoms with E-state index in [2.05, 4.69) is 22.2 Å². The molecule has 0 spiro atoms. The maximum absolute atomic E-state index is 11.8. The average Bonchev–Trinajstić information content (AvgIpc) is 2.64. The van der Waals surface area contributed by atoms with Gasteiger partial charge in [-0.05, 0) is 29.8 Å². The Bertz CT molecular complexity index is 699. The largest absolute Gasteiger partial charge is 0.493 e. The highest BCUT2D eigenvalue weighted by atomic mass is 16.5. The summed E-state index contributed by atoms with van der Waals surface area (Å²) < 4.78 is 10.5. The summed E-state index contributed by atoms with van der Waals surface area (Å²) in [6, 6.07) is 9.22. The number of benzene rings is 1. The Morgan fingerprint density at radius 1 is 1.21 bits per heavy atom. The molecule has 0 saturated carbocycles. The third kappa shape index (κ3) is 4.49. The van der Waals surface area contributed by atoms with Gasteiger partial charge in [-0.1, -0.05) is 12.1 Å². The van der Waals surface area contributed by atoms with Crippen LogP contribution in [0.1, 0.15) is 16.1 Å². The van der Waals surface area contributed by atoms with Crippen LogP contribution in [0.25, 0.3) is 0 Å². The first-order valence-electron chi connectivity index (χ1n) is 7.48. The number of ether oxygens (including phenoxy) is 2. The fourth-order valence-electron chi connectivity index (χ4n) is 2.08. The standard InChI is InChI=1S/C18H21N3O3/c1-4-9-19-18(22)15-7-6-14(12-21-15)20-11-13-5-8-16(23-2)17(10-13)24-3/h4-8,10,12,20H,1,9,11H2,2-3H3,(H,19,22). The second-order valence-electron chi connectivity index (χ2n) is 4.97. The van der Waals surface area contributed by atoms with Gasteiger partial charge in [0.15, 0.2) is 11.5 Å². The molecule has 2 N–H and O–H groups in total. The number of amides is 1. The monoisotopic (exact) mass is 327 g/mol. The second-order valence-corrected chi connectivity index (χ2v) is 4.97. The average molecular weight is 327 g/mol. The molecule has 2 rings (SSSR count). The number of aromatic nitrogens is 1. The van der Waals surface area contributed by atoms with E-state index in [-0.39, 0.29) is 5.91 Å². The third-order valence-electron chi connectivity index (χ3n) is 3.35. The predicted octanol–water partition coefficient (Wildman–Crippen LogP) is 2.63. The molecule has 1 heterocycles. The summed E-state index contributed by atoms with van der Waals surface area (Å²) in [6.07, 6.45) is 3.25. The first-order chi connectivity index (χ1) is 11.7. The van der Waals surface area contributed by atoms with Crippen LogP contribution in [0.4, 0.5) is 5.69 Å². The van der Waals surface area contributed by atoms with Crippen LogP contribution in [-0.2, 0) is 6.54 Å². The van der Waals surface area contributed by atoms with E-state index in [1.807, 2.05) is 24.3 Å². The van der Waals surface area contributed by atoms with E-state index in [0.29, 0.717) is 30.3 Å². The van der Waals surface area contributed by atoms with Gasteiger partial charge in [0.2, 0.25) is 0 Å². The molecular formula is C18H21N3O3. The fourth-order valence-corrected chi connectivity index (χ4v) is 2.08. The molecule has 0 radical (unpaired) electrons. The van der Waals surface area contributed by atoms with Gasteiger partial charge in [0, 0.05) is 13.1 Å². The lowest BCUT2D eigenvalue weighted by atomic mass is 10.2. The van der Waals surface area contributed by atoms with Crippen LogP contribution < -0.4 is 20.1 Å². The highest BCUT2D eigenvalue weighted by Crippen LogP contribution is 2.27. The molecule has 1 amide bonds. The smallest absolute Gasteiger partial charge is 0.270 e. The summed E-state index contributed by atoms with van der Waals surface area (Å²) in [4.78, 5) is 15.9. The zero-order chi connectivity index (χ0) is 17.4. The van der Waals surface area contributed by atoms with Gasteiger partial charge in [-0.25, -0.2) is 4.98 Å². The van der Waals surface area contributed by atoms with Crippen molar-refractivity contribution in [2.75, 3.05) is 26.1 Å². The van der Waals surface area contributed by atoms with Gasteiger partial charge in [-0.15, -0.1) is 6.58 Å². The van der Waals surface area contributed by atoms with Crippen molar-refractivity contribution in [1.29, 1.82) is 0 Å². The van der Waals surface area contributed by atoms with E-state index in [0.717, 1.165) is 11.3 Å². The van der Waals surface area contributed by atoms with Gasteiger partial charge in [0.05, 0.1) is 26.1 Å². The van der Waals surface area contributed by atoms with E-state index in [1.54, 1.807) is 32.6 Å². The number of carbonyl (C=O) groups excluding carboxylic acids is 1. The summed E-state index contributed by atoms with van der Waals surface area (Å²) >= 11 is 0. The molecule has 0 bridgehead atoms. The highest BCUT2D eigenvalue weighted by molar-refractivity contribution is 5.92. The molecule has 0 aliphatic rings. The number of hydrogen-bond acceptors (Lipinski definition) is 5. The van der Waals surface area contributed by atoms with E-state index in [1.165, 1.54) is 0 Å². The summed E-state index contributed by atoms with van der Waals surface area (Å²) in [6.45, 7) is 4.57. The van der Waals surface area contributed by atoms with Crippen LogP contribution in [-0.4, -0.2) is 31.7 Å². The fraction of sp³-hybridized carbons (Fsp3) is 0.222. The zero-order valence-corrected chi connectivity index (χ0v) is 13.8. The van der Waals surface area contributed by atoms with Crippen LogP contribution in [0.5, 0.6) is 11.5 Å². The predicted molar refractivity (Wildman–Crippen MR) is 93.6 cm³/mol. The van der Waals surface area contributed by atoms with Crippen molar-refractivity contribution in [3.05, 3.63) is 60.4 Å². The Balaban J connectivity index is 1.97. The number of anilines is 1. The second kappa shape index (κ2) is 8.57. The van der Waals surface area contributed by atoms with Crippen molar-refractivity contribution >= 4 is 11.6 Å². The molecule has 126 valence electrons. The molecule has 0 aliphatic carbocycles. The molecule has 6 heteroatoms. The number of nitrogens with zero attached hydrogens (tertiary/aromatic N) is 1. The van der Waals surface area contributed by atoms with Crippen molar-refractivity contribution in [3.8, 4) is 11.5 Å². The van der Waals surface area contributed by atoms with Gasteiger partial charge in [0.1, 0.15) is 5.69 Å². The summed E-state index contributed by atoms with van der Waals surface area (Å²) in [7, 11) is 3.21. The highest BCUT2D eigenvalue weighted by Gasteiger charge is 2.07. The summed E-state index contributed by atoms with van der Waals surface area (Å²) in [5, 5.41) is 5.94. The van der Waals surface area contributed by atoms with Crippen molar-refractivity contribution in [3.63, 3.8) is 0 Å².